The van der Waals surface area contributed by atoms with Crippen molar-refractivity contribution in [3.63, 3.8) is 0 Å². The summed E-state index contributed by atoms with van der Waals surface area (Å²) in [5, 5.41) is 19.8. The molecule has 2 amide bonds. The highest BCUT2D eigenvalue weighted by molar-refractivity contribution is 5.89. The Morgan fingerprint density at radius 3 is 2.89 bits per heavy atom. The van der Waals surface area contributed by atoms with Gasteiger partial charge in [0, 0.05) is 31.1 Å². The molecule has 0 atom stereocenters. The molecule has 0 fully saturated rings. The highest BCUT2D eigenvalue weighted by Gasteiger charge is 2.19. The van der Waals surface area contributed by atoms with Crippen LogP contribution in [0.2, 0.25) is 0 Å². The summed E-state index contributed by atoms with van der Waals surface area (Å²) in [5.41, 5.74) is 1.83. The molecule has 4 N–H and O–H groups in total. The lowest BCUT2D eigenvalue weighted by molar-refractivity contribution is 0.252. The molecule has 0 radical (unpaired) electrons. The van der Waals surface area contributed by atoms with Crippen LogP contribution in [0.1, 0.15) is 12.7 Å². The second-order valence-corrected chi connectivity index (χ2v) is 5.86. The molecule has 11 nitrogen and oxygen atoms in total. The lowest BCUT2D eigenvalue weighted by atomic mass is 10.2. The van der Waals surface area contributed by atoms with E-state index in [1.807, 2.05) is 13.0 Å². The smallest absolute Gasteiger partial charge is 0.320 e. The summed E-state index contributed by atoms with van der Waals surface area (Å²) in [7, 11) is 0. The zero-order valence-electron chi connectivity index (χ0n) is 15.3. The van der Waals surface area contributed by atoms with E-state index in [1.165, 1.54) is 0 Å². The van der Waals surface area contributed by atoms with Gasteiger partial charge in [0.2, 0.25) is 0 Å². The predicted octanol–water partition coefficient (Wildman–Crippen LogP) is 2.10. The molecule has 0 saturated carbocycles. The van der Waals surface area contributed by atoms with Crippen LogP contribution in [0.15, 0.2) is 36.7 Å². The number of amides is 2. The number of imidazole rings is 1. The van der Waals surface area contributed by atoms with E-state index in [9.17, 15) is 4.79 Å². The minimum absolute atomic E-state index is 0.335. The number of rotatable bonds is 5. The molecule has 28 heavy (non-hydrogen) atoms. The summed E-state index contributed by atoms with van der Waals surface area (Å²) in [6.07, 6.45) is 3.37. The number of hydrogen-bond donors (Lipinski definition) is 4. The van der Waals surface area contributed by atoms with Crippen LogP contribution in [0.3, 0.4) is 0 Å². The Balaban J connectivity index is 1.81. The number of aromatic amines is 1. The number of aromatic nitrogens is 7. The van der Waals surface area contributed by atoms with Gasteiger partial charge in [-0.05, 0) is 26.0 Å². The highest BCUT2D eigenvalue weighted by atomic mass is 16.2. The van der Waals surface area contributed by atoms with Gasteiger partial charge in [0.25, 0.3) is 0 Å². The van der Waals surface area contributed by atoms with E-state index >= 15 is 0 Å². The fraction of sp³-hybridized carbons (Fsp3) is 0.176. The van der Waals surface area contributed by atoms with Crippen LogP contribution in [0.4, 0.5) is 22.2 Å². The number of hydrogen-bond acceptors (Lipinski definition) is 7. The first-order valence-corrected chi connectivity index (χ1v) is 8.65. The number of nitrogens with one attached hydrogen (secondary N) is 4. The maximum absolute atomic E-state index is 11.9. The summed E-state index contributed by atoms with van der Waals surface area (Å²) < 4.78 is 1.67. The van der Waals surface area contributed by atoms with Crippen LogP contribution in [-0.4, -0.2) is 47.3 Å². The zero-order chi connectivity index (χ0) is 19.5. The summed E-state index contributed by atoms with van der Waals surface area (Å²) in [4.78, 5) is 25.3. The fourth-order valence-corrected chi connectivity index (χ4v) is 2.73. The molecular formula is C17H18N10O. The molecule has 142 valence electrons. The Labute approximate surface area is 159 Å². The average Bonchev–Trinajstić information content (AvgIpc) is 3.28. The molecule has 4 aromatic heterocycles. The lowest BCUT2D eigenvalue weighted by Crippen LogP contribution is -2.28. The second kappa shape index (κ2) is 7.31. The minimum Gasteiger partial charge on any atom is -0.338 e. The Bertz CT molecular complexity index is 1120. The summed E-state index contributed by atoms with van der Waals surface area (Å²) in [5.74, 6) is 2.02. The molecule has 4 rings (SSSR count). The van der Waals surface area contributed by atoms with Gasteiger partial charge in [-0.2, -0.15) is 10.2 Å². The number of aryl methyl sites for hydroxylation is 1. The number of carbonyl (C=O) groups is 1. The van der Waals surface area contributed by atoms with Crippen LogP contribution in [0.25, 0.3) is 17.0 Å². The van der Waals surface area contributed by atoms with Gasteiger partial charge in [0.1, 0.15) is 17.3 Å². The highest BCUT2D eigenvalue weighted by Crippen LogP contribution is 2.30. The van der Waals surface area contributed by atoms with Crippen LogP contribution < -0.4 is 16.0 Å². The van der Waals surface area contributed by atoms with E-state index in [1.54, 1.807) is 42.0 Å². The average molecular weight is 378 g/mol. The normalized spacial score (nSPS) is 10.8. The van der Waals surface area contributed by atoms with Crippen molar-refractivity contribution in [3.05, 3.63) is 42.5 Å². The molecule has 0 bridgehead atoms. The van der Waals surface area contributed by atoms with Gasteiger partial charge in [-0.25, -0.2) is 24.3 Å². The van der Waals surface area contributed by atoms with Crippen molar-refractivity contribution in [1.82, 2.24) is 40.1 Å². The van der Waals surface area contributed by atoms with Gasteiger partial charge in [0.05, 0.1) is 5.69 Å². The van der Waals surface area contributed by atoms with Crippen molar-refractivity contribution in [2.75, 3.05) is 17.2 Å². The number of nitrogens with zero attached hydrogens (tertiary/aromatic N) is 6. The molecule has 4 aromatic rings. The maximum Gasteiger partial charge on any atom is 0.320 e. The monoisotopic (exact) mass is 378 g/mol. The largest absolute Gasteiger partial charge is 0.338 e. The van der Waals surface area contributed by atoms with E-state index in [-0.39, 0.29) is 6.03 Å². The maximum atomic E-state index is 11.9. The standard InChI is InChI=1S/C17H18N10O/c1-3-18-17(28)24-13-9-11(21-10(2)22-13)15-16(23-12-6-8-19-26-12)25-14-5-4-7-20-27(14)15/h4-9H,3H2,1-2H3,(H2,19,23,26)(H2,18,21,22,24,28). The SMILES string of the molecule is CCNC(=O)Nc1cc(-c2c(Nc3cc[nH]n3)nc3cccnn23)nc(C)n1. The van der Waals surface area contributed by atoms with Gasteiger partial charge in [0.15, 0.2) is 17.3 Å². The van der Waals surface area contributed by atoms with E-state index in [0.29, 0.717) is 46.9 Å². The first-order valence-electron chi connectivity index (χ1n) is 8.65. The third kappa shape index (κ3) is 3.45. The summed E-state index contributed by atoms with van der Waals surface area (Å²) in [6.45, 7) is 4.11. The Kier molecular flexibility index (Phi) is 4.54. The van der Waals surface area contributed by atoms with Crippen molar-refractivity contribution in [2.45, 2.75) is 13.8 Å². The van der Waals surface area contributed by atoms with Gasteiger partial charge in [-0.3, -0.25) is 10.4 Å². The van der Waals surface area contributed by atoms with E-state index in [0.717, 1.165) is 0 Å². The number of carbonyl (C=O) groups excluding carboxylic acids is 1. The first kappa shape index (κ1) is 17.4. The molecule has 0 aliphatic carbocycles. The Morgan fingerprint density at radius 1 is 1.21 bits per heavy atom. The molecule has 11 heteroatoms. The summed E-state index contributed by atoms with van der Waals surface area (Å²) in [6, 6.07) is 6.77. The quantitative estimate of drug-likeness (QED) is 0.417. The molecular weight excluding hydrogens is 360 g/mol. The molecule has 0 aliphatic rings. The van der Waals surface area contributed by atoms with Crippen molar-refractivity contribution < 1.29 is 4.79 Å². The van der Waals surface area contributed by atoms with Crippen molar-refractivity contribution >= 4 is 29.1 Å². The zero-order valence-corrected chi connectivity index (χ0v) is 15.3. The topological polar surface area (TPSA) is 138 Å². The fourth-order valence-electron chi connectivity index (χ4n) is 2.73. The third-order valence-corrected chi connectivity index (χ3v) is 3.80. The van der Waals surface area contributed by atoms with Crippen LogP contribution in [0.5, 0.6) is 0 Å². The molecule has 0 saturated heterocycles. The first-order chi connectivity index (χ1) is 13.6. The van der Waals surface area contributed by atoms with Gasteiger partial charge < -0.3 is 10.6 Å². The lowest BCUT2D eigenvalue weighted by Gasteiger charge is -2.09. The van der Waals surface area contributed by atoms with Gasteiger partial charge in [-0.15, -0.1) is 0 Å². The van der Waals surface area contributed by atoms with E-state index in [4.69, 9.17) is 0 Å². The third-order valence-electron chi connectivity index (χ3n) is 3.80. The van der Waals surface area contributed by atoms with Crippen LogP contribution in [0, 0.1) is 6.92 Å². The van der Waals surface area contributed by atoms with E-state index < -0.39 is 0 Å². The van der Waals surface area contributed by atoms with Crippen LogP contribution >= 0.6 is 0 Å². The molecule has 0 spiro atoms. The van der Waals surface area contributed by atoms with Gasteiger partial charge in [-0.1, -0.05) is 0 Å². The number of urea groups is 1. The number of fused-ring (bicyclic) bond motifs is 1. The van der Waals surface area contributed by atoms with Crippen molar-refractivity contribution in [2.24, 2.45) is 0 Å². The molecule has 4 heterocycles. The van der Waals surface area contributed by atoms with Crippen molar-refractivity contribution in [3.8, 4) is 11.4 Å². The number of anilines is 3. The molecule has 0 aliphatic heterocycles. The van der Waals surface area contributed by atoms with Crippen molar-refractivity contribution in [1.29, 1.82) is 0 Å². The predicted molar refractivity (Wildman–Crippen MR) is 103 cm³/mol. The summed E-state index contributed by atoms with van der Waals surface area (Å²) >= 11 is 0. The Morgan fingerprint density at radius 2 is 2.11 bits per heavy atom. The van der Waals surface area contributed by atoms with Gasteiger partial charge >= 0.3 is 6.03 Å². The second-order valence-electron chi connectivity index (χ2n) is 5.86. The Hall–Kier alpha value is -4.02. The van der Waals surface area contributed by atoms with E-state index in [2.05, 4.69) is 46.2 Å². The number of H-pyrrole nitrogens is 1. The van der Waals surface area contributed by atoms with Crippen LogP contribution in [-0.2, 0) is 0 Å². The molecule has 0 unspecified atom stereocenters. The minimum atomic E-state index is -0.335. The molecule has 0 aromatic carbocycles.